The van der Waals surface area contributed by atoms with Gasteiger partial charge < -0.3 is 10.1 Å². The lowest BCUT2D eigenvalue weighted by atomic mass is 10.1. The van der Waals surface area contributed by atoms with Crippen molar-refractivity contribution in [1.82, 2.24) is 4.40 Å². The lowest BCUT2D eigenvalue weighted by Gasteiger charge is -2.00. The number of nitrogens with two attached hydrogens (primary N) is 1. The van der Waals surface area contributed by atoms with Gasteiger partial charge in [0.2, 0.25) is 0 Å². The van der Waals surface area contributed by atoms with E-state index in [0.717, 1.165) is 11.8 Å². The second-order valence-corrected chi connectivity index (χ2v) is 3.59. The van der Waals surface area contributed by atoms with E-state index >= 15 is 0 Å². The Bertz CT molecular complexity index is 570. The third-order valence-electron chi connectivity index (χ3n) is 2.70. The zero-order valence-corrected chi connectivity index (χ0v) is 8.93. The number of Topliss-reactive ketones (excluding diaryl/α,β-unsaturated/α-hetero) is 1. The number of aldehydes is 1. The molecule has 0 aliphatic heterocycles. The van der Waals surface area contributed by atoms with Crippen LogP contribution >= 0.6 is 0 Å². The molecule has 0 amide bonds. The van der Waals surface area contributed by atoms with Crippen molar-refractivity contribution in [3.05, 3.63) is 41.2 Å². The normalized spacial score (nSPS) is 10.6. The minimum Gasteiger partial charge on any atom is -0.324 e. The summed E-state index contributed by atoms with van der Waals surface area (Å²) in [6.07, 6.45) is 2.54. The van der Waals surface area contributed by atoms with Crippen molar-refractivity contribution in [3.63, 3.8) is 0 Å². The zero-order valence-electron chi connectivity index (χ0n) is 8.93. The van der Waals surface area contributed by atoms with E-state index in [1.54, 1.807) is 17.5 Å². The summed E-state index contributed by atoms with van der Waals surface area (Å²) in [6.45, 7) is 1.71. The molecule has 4 heteroatoms. The van der Waals surface area contributed by atoms with Crippen LogP contribution in [0.5, 0.6) is 0 Å². The van der Waals surface area contributed by atoms with Crippen LogP contribution < -0.4 is 5.73 Å². The first-order valence-corrected chi connectivity index (χ1v) is 4.98. The average Bonchev–Trinajstić information content (AvgIpc) is 2.60. The third kappa shape index (κ3) is 1.35. The highest BCUT2D eigenvalue weighted by Gasteiger charge is 2.18. The molecule has 0 bridgehead atoms. The fourth-order valence-corrected chi connectivity index (χ4v) is 1.95. The van der Waals surface area contributed by atoms with Crippen LogP contribution in [-0.2, 0) is 0 Å². The average molecular weight is 216 g/mol. The summed E-state index contributed by atoms with van der Waals surface area (Å²) in [6, 6.07) is 5.46. The number of carbonyl (C=O) groups excluding carboxylic acids is 2. The number of aromatic nitrogens is 1. The van der Waals surface area contributed by atoms with Gasteiger partial charge >= 0.3 is 0 Å². The maximum Gasteiger partial charge on any atom is 0.193 e. The predicted octanol–water partition coefficient (Wildman–Crippen LogP) is 1.20. The van der Waals surface area contributed by atoms with Gasteiger partial charge in [-0.3, -0.25) is 9.59 Å². The predicted molar refractivity (Wildman–Crippen MR) is 60.9 cm³/mol. The lowest BCUT2D eigenvalue weighted by Crippen LogP contribution is -2.16. The minimum atomic E-state index is -0.160. The Balaban J connectivity index is 2.87. The number of hydrogen-bond donors (Lipinski definition) is 1. The highest BCUT2D eigenvalue weighted by molar-refractivity contribution is 6.03. The van der Waals surface area contributed by atoms with Gasteiger partial charge in [-0.2, -0.15) is 0 Å². The van der Waals surface area contributed by atoms with Crippen molar-refractivity contribution in [2.45, 2.75) is 6.92 Å². The molecule has 0 spiro atoms. The second kappa shape index (κ2) is 3.90. The molecule has 0 radical (unpaired) electrons. The molecule has 0 aliphatic carbocycles. The largest absolute Gasteiger partial charge is 0.324 e. The van der Waals surface area contributed by atoms with Crippen molar-refractivity contribution >= 4 is 17.6 Å². The highest BCUT2D eigenvalue weighted by Crippen LogP contribution is 2.21. The first kappa shape index (κ1) is 10.6. The van der Waals surface area contributed by atoms with E-state index in [0.29, 0.717) is 16.8 Å². The van der Waals surface area contributed by atoms with E-state index < -0.39 is 0 Å². The molecule has 2 N–H and O–H groups in total. The minimum absolute atomic E-state index is 0.0554. The quantitative estimate of drug-likeness (QED) is 0.619. The molecule has 82 valence electrons. The second-order valence-electron chi connectivity index (χ2n) is 3.59. The molecule has 4 nitrogen and oxygen atoms in total. The van der Waals surface area contributed by atoms with Crippen LogP contribution in [0.4, 0.5) is 0 Å². The molecule has 2 rings (SSSR count). The molecule has 2 heterocycles. The molecule has 0 fully saturated rings. The molecule has 2 aromatic heterocycles. The summed E-state index contributed by atoms with van der Waals surface area (Å²) >= 11 is 0. The van der Waals surface area contributed by atoms with Crippen LogP contribution in [0.3, 0.4) is 0 Å². The Morgan fingerprint density at radius 2 is 2.25 bits per heavy atom. The molecule has 0 saturated heterocycles. The first-order chi connectivity index (χ1) is 7.70. The molecular formula is C12H12N2O2. The Morgan fingerprint density at radius 3 is 2.88 bits per heavy atom. The van der Waals surface area contributed by atoms with Gasteiger partial charge in [0.05, 0.1) is 17.8 Å². The fraction of sp³-hybridized carbons (Fsp3) is 0.167. The van der Waals surface area contributed by atoms with Gasteiger partial charge in [0, 0.05) is 11.8 Å². The van der Waals surface area contributed by atoms with Crippen LogP contribution in [0.2, 0.25) is 0 Å². The van der Waals surface area contributed by atoms with Gasteiger partial charge in [-0.15, -0.1) is 0 Å². The Kier molecular flexibility index (Phi) is 2.58. The van der Waals surface area contributed by atoms with E-state index in [1.165, 1.54) is 0 Å². The zero-order chi connectivity index (χ0) is 11.7. The molecule has 2 aromatic rings. The summed E-state index contributed by atoms with van der Waals surface area (Å²) in [4.78, 5) is 22.7. The number of rotatable bonds is 3. The molecular weight excluding hydrogens is 204 g/mol. The van der Waals surface area contributed by atoms with Crippen LogP contribution in [0.25, 0.3) is 5.52 Å². The maximum absolute atomic E-state index is 11.7. The van der Waals surface area contributed by atoms with Gasteiger partial charge in [-0.25, -0.2) is 0 Å². The molecule has 0 atom stereocenters. The topological polar surface area (TPSA) is 64.6 Å². The van der Waals surface area contributed by atoms with Gasteiger partial charge in [0.1, 0.15) is 0 Å². The number of fused-ring (bicyclic) bond motifs is 1. The monoisotopic (exact) mass is 216 g/mol. The van der Waals surface area contributed by atoms with Crippen molar-refractivity contribution in [2.75, 3.05) is 6.54 Å². The molecule has 16 heavy (non-hydrogen) atoms. The Morgan fingerprint density at radius 1 is 1.50 bits per heavy atom. The summed E-state index contributed by atoms with van der Waals surface area (Å²) in [5.74, 6) is -0.160. The molecule has 0 saturated carbocycles. The summed E-state index contributed by atoms with van der Waals surface area (Å²) < 4.78 is 1.72. The summed E-state index contributed by atoms with van der Waals surface area (Å²) in [5, 5.41) is 0. The fourth-order valence-electron chi connectivity index (χ4n) is 1.95. The summed E-state index contributed by atoms with van der Waals surface area (Å²) in [5.41, 5.74) is 7.85. The standard InChI is InChI=1S/C12H12N2O2/c1-8-9(7-15)10-4-2-3-5-14(10)12(8)11(16)6-13/h2-5,7H,6,13H2,1H3. The Labute approximate surface area is 92.7 Å². The van der Waals surface area contributed by atoms with Crippen LogP contribution in [0, 0.1) is 6.92 Å². The lowest BCUT2D eigenvalue weighted by molar-refractivity contribution is 0.0995. The smallest absolute Gasteiger partial charge is 0.193 e. The van der Waals surface area contributed by atoms with Crippen LogP contribution in [0.15, 0.2) is 24.4 Å². The summed E-state index contributed by atoms with van der Waals surface area (Å²) in [7, 11) is 0. The van der Waals surface area contributed by atoms with Crippen molar-refractivity contribution in [3.8, 4) is 0 Å². The molecule has 0 unspecified atom stereocenters. The highest BCUT2D eigenvalue weighted by atomic mass is 16.1. The number of carbonyl (C=O) groups is 2. The Hall–Kier alpha value is -1.94. The van der Waals surface area contributed by atoms with E-state index in [-0.39, 0.29) is 12.3 Å². The van der Waals surface area contributed by atoms with E-state index in [4.69, 9.17) is 5.73 Å². The number of hydrogen-bond acceptors (Lipinski definition) is 3. The van der Waals surface area contributed by atoms with Crippen molar-refractivity contribution in [1.29, 1.82) is 0 Å². The SMILES string of the molecule is Cc1c(C=O)c2ccccn2c1C(=O)CN. The van der Waals surface area contributed by atoms with Crippen molar-refractivity contribution < 1.29 is 9.59 Å². The molecule has 0 aromatic carbocycles. The van der Waals surface area contributed by atoms with Crippen LogP contribution in [-0.4, -0.2) is 23.0 Å². The van der Waals surface area contributed by atoms with Crippen molar-refractivity contribution in [2.24, 2.45) is 5.73 Å². The number of pyridine rings is 1. The first-order valence-electron chi connectivity index (χ1n) is 4.98. The van der Waals surface area contributed by atoms with Crippen LogP contribution in [0.1, 0.15) is 26.4 Å². The van der Waals surface area contributed by atoms with Gasteiger partial charge in [0.15, 0.2) is 12.1 Å². The third-order valence-corrected chi connectivity index (χ3v) is 2.70. The maximum atomic E-state index is 11.7. The van der Waals surface area contributed by atoms with E-state index in [2.05, 4.69) is 0 Å². The number of ketones is 1. The van der Waals surface area contributed by atoms with Gasteiger partial charge in [0.25, 0.3) is 0 Å². The van der Waals surface area contributed by atoms with E-state index in [9.17, 15) is 9.59 Å². The van der Waals surface area contributed by atoms with Gasteiger partial charge in [-0.05, 0) is 24.6 Å². The van der Waals surface area contributed by atoms with E-state index in [1.807, 2.05) is 18.2 Å². The number of nitrogens with zero attached hydrogens (tertiary/aromatic N) is 1. The van der Waals surface area contributed by atoms with Gasteiger partial charge in [-0.1, -0.05) is 6.07 Å². The molecule has 0 aliphatic rings.